The first-order chi connectivity index (χ1) is 13.3. The van der Waals surface area contributed by atoms with Crippen LogP contribution in [0.1, 0.15) is 16.8 Å². The molecular weight excluding hydrogens is 374 g/mol. The molecule has 0 atom stereocenters. The maximum Gasteiger partial charge on any atom is 0.277 e. The van der Waals surface area contributed by atoms with Gasteiger partial charge >= 0.3 is 0 Å². The summed E-state index contributed by atoms with van der Waals surface area (Å²) in [5.41, 5.74) is 0.351. The quantitative estimate of drug-likeness (QED) is 0.736. The molecule has 0 unspecified atom stereocenters. The number of rotatable bonds is 4. The van der Waals surface area contributed by atoms with E-state index in [2.05, 4.69) is 17.2 Å². The summed E-state index contributed by atoms with van der Waals surface area (Å²) in [5, 5.41) is 23.4. The maximum absolute atomic E-state index is 13.2. The highest BCUT2D eigenvalue weighted by atomic mass is 35.5. The molecule has 0 aliphatic rings. The standard InChI is InChI=1S/C21H18ClN5O/c1-14-19(20(28)27(25-14)18-10-6-16(22)7-11-18)21(12-23,13-24)15-4-8-17(9-5-15)26(2)3/h4-11,25H,1-3H3. The molecule has 0 radical (unpaired) electrons. The molecule has 0 bridgehead atoms. The Bertz CT molecular complexity index is 1130. The van der Waals surface area contributed by atoms with Gasteiger partial charge < -0.3 is 4.90 Å². The Morgan fingerprint density at radius 2 is 1.61 bits per heavy atom. The Hall–Kier alpha value is -3.48. The van der Waals surface area contributed by atoms with Gasteiger partial charge in [0, 0.05) is 30.5 Å². The van der Waals surface area contributed by atoms with Crippen LogP contribution in [0.25, 0.3) is 5.69 Å². The van der Waals surface area contributed by atoms with Crippen molar-refractivity contribution in [3.05, 3.63) is 80.7 Å². The van der Waals surface area contributed by atoms with Gasteiger partial charge in [-0.3, -0.25) is 9.89 Å². The van der Waals surface area contributed by atoms with E-state index in [1.54, 1.807) is 43.3 Å². The molecule has 140 valence electrons. The Balaban J connectivity index is 2.21. The minimum absolute atomic E-state index is 0.116. The van der Waals surface area contributed by atoms with Gasteiger partial charge in [0.15, 0.2) is 0 Å². The lowest BCUT2D eigenvalue weighted by molar-refractivity contribution is 0.816. The number of hydrogen-bond acceptors (Lipinski definition) is 4. The third kappa shape index (κ3) is 3.05. The number of halogens is 1. The molecule has 0 aliphatic heterocycles. The van der Waals surface area contributed by atoms with E-state index in [-0.39, 0.29) is 5.56 Å². The Labute approximate surface area is 167 Å². The van der Waals surface area contributed by atoms with Crippen LogP contribution in [0.5, 0.6) is 0 Å². The summed E-state index contributed by atoms with van der Waals surface area (Å²) in [4.78, 5) is 15.1. The van der Waals surface area contributed by atoms with Crippen molar-refractivity contribution in [1.29, 1.82) is 10.5 Å². The molecule has 0 amide bonds. The third-order valence-corrected chi connectivity index (χ3v) is 4.94. The number of H-pyrrole nitrogens is 1. The van der Waals surface area contributed by atoms with Crippen molar-refractivity contribution in [2.45, 2.75) is 12.3 Å². The van der Waals surface area contributed by atoms with Crippen LogP contribution in [0.4, 0.5) is 5.69 Å². The van der Waals surface area contributed by atoms with Crippen LogP contribution in [0.15, 0.2) is 53.3 Å². The molecule has 1 heterocycles. The molecule has 3 aromatic rings. The molecule has 0 aliphatic carbocycles. The zero-order valence-corrected chi connectivity index (χ0v) is 16.4. The van der Waals surface area contributed by atoms with Crippen molar-refractivity contribution in [2.24, 2.45) is 0 Å². The summed E-state index contributed by atoms with van der Waals surface area (Å²) in [6, 6.07) is 17.9. The van der Waals surface area contributed by atoms with Crippen molar-refractivity contribution in [3.8, 4) is 17.8 Å². The van der Waals surface area contributed by atoms with Crippen LogP contribution >= 0.6 is 11.6 Å². The predicted molar refractivity (Wildman–Crippen MR) is 109 cm³/mol. The second-order valence-corrected chi connectivity index (χ2v) is 7.08. The summed E-state index contributed by atoms with van der Waals surface area (Å²) < 4.78 is 1.32. The fourth-order valence-electron chi connectivity index (χ4n) is 3.18. The zero-order valence-electron chi connectivity index (χ0n) is 15.7. The highest BCUT2D eigenvalue weighted by molar-refractivity contribution is 6.30. The number of hydrogen-bond donors (Lipinski definition) is 1. The fraction of sp³-hybridized carbons (Fsp3) is 0.190. The summed E-state index contributed by atoms with van der Waals surface area (Å²) in [5.74, 6) is 0. The minimum Gasteiger partial charge on any atom is -0.378 e. The highest BCUT2D eigenvalue weighted by Crippen LogP contribution is 2.32. The van der Waals surface area contributed by atoms with Gasteiger partial charge in [0.1, 0.15) is 0 Å². The van der Waals surface area contributed by atoms with Crippen LogP contribution in [0.2, 0.25) is 5.02 Å². The number of anilines is 1. The third-order valence-electron chi connectivity index (χ3n) is 4.68. The van der Waals surface area contributed by atoms with E-state index in [0.717, 1.165) is 5.69 Å². The lowest BCUT2D eigenvalue weighted by Crippen LogP contribution is -2.32. The summed E-state index contributed by atoms with van der Waals surface area (Å²) in [7, 11) is 3.80. The molecule has 1 N–H and O–H groups in total. The summed E-state index contributed by atoms with van der Waals surface area (Å²) in [6.07, 6.45) is 0. The number of aromatic nitrogens is 2. The lowest BCUT2D eigenvalue weighted by atomic mass is 9.77. The smallest absolute Gasteiger partial charge is 0.277 e. The van der Waals surface area contributed by atoms with Gasteiger partial charge in [-0.05, 0) is 48.9 Å². The number of nitrogens with one attached hydrogen (secondary N) is 1. The molecule has 7 heteroatoms. The molecule has 0 saturated heterocycles. The van der Waals surface area contributed by atoms with E-state index in [4.69, 9.17) is 11.6 Å². The van der Waals surface area contributed by atoms with Gasteiger partial charge in [0.05, 0.1) is 23.4 Å². The van der Waals surface area contributed by atoms with E-state index in [1.807, 2.05) is 31.1 Å². The van der Waals surface area contributed by atoms with Gasteiger partial charge in [-0.2, -0.15) is 10.5 Å². The molecule has 2 aromatic carbocycles. The normalized spacial score (nSPS) is 10.9. The van der Waals surface area contributed by atoms with Gasteiger partial charge in [-0.15, -0.1) is 0 Å². The summed E-state index contributed by atoms with van der Waals surface area (Å²) >= 11 is 5.92. The number of benzene rings is 2. The average Bonchev–Trinajstić information content (AvgIpc) is 2.99. The van der Waals surface area contributed by atoms with Crippen LogP contribution in [0, 0.1) is 29.6 Å². The predicted octanol–water partition coefficient (Wildman–Crippen LogP) is 3.53. The first-order valence-corrected chi connectivity index (χ1v) is 8.90. The second-order valence-electron chi connectivity index (χ2n) is 6.64. The van der Waals surface area contributed by atoms with Gasteiger partial charge in [-0.25, -0.2) is 4.68 Å². The molecule has 0 fully saturated rings. The topological polar surface area (TPSA) is 88.6 Å². The second kappa shape index (κ2) is 7.26. The van der Waals surface area contributed by atoms with Crippen molar-refractivity contribution >= 4 is 17.3 Å². The van der Waals surface area contributed by atoms with Crippen molar-refractivity contribution in [2.75, 3.05) is 19.0 Å². The van der Waals surface area contributed by atoms with E-state index >= 15 is 0 Å². The van der Waals surface area contributed by atoms with Crippen molar-refractivity contribution in [1.82, 2.24) is 9.78 Å². The minimum atomic E-state index is -1.72. The van der Waals surface area contributed by atoms with Gasteiger partial charge in [-0.1, -0.05) is 23.7 Å². The molecule has 0 saturated carbocycles. The van der Waals surface area contributed by atoms with E-state index in [9.17, 15) is 15.3 Å². The SMILES string of the molecule is Cc1[nH]n(-c2ccc(Cl)cc2)c(=O)c1C(C#N)(C#N)c1ccc(N(C)C)cc1. The van der Waals surface area contributed by atoms with Gasteiger partial charge in [0.2, 0.25) is 5.41 Å². The highest BCUT2D eigenvalue weighted by Gasteiger charge is 2.40. The Morgan fingerprint density at radius 3 is 2.11 bits per heavy atom. The largest absolute Gasteiger partial charge is 0.378 e. The van der Waals surface area contributed by atoms with Crippen molar-refractivity contribution in [3.63, 3.8) is 0 Å². The molecule has 6 nitrogen and oxygen atoms in total. The number of nitriles is 2. The van der Waals surface area contributed by atoms with Crippen molar-refractivity contribution < 1.29 is 0 Å². The van der Waals surface area contributed by atoms with Crippen LogP contribution in [-0.4, -0.2) is 23.9 Å². The van der Waals surface area contributed by atoms with E-state index in [0.29, 0.717) is 22.0 Å². The monoisotopic (exact) mass is 391 g/mol. The number of nitrogens with zero attached hydrogens (tertiary/aromatic N) is 4. The molecule has 0 spiro atoms. The Kier molecular flexibility index (Phi) is 5.00. The van der Waals surface area contributed by atoms with Crippen LogP contribution in [0.3, 0.4) is 0 Å². The zero-order chi connectivity index (χ0) is 20.5. The first kappa shape index (κ1) is 19.3. The van der Waals surface area contributed by atoms with Crippen LogP contribution in [-0.2, 0) is 5.41 Å². The molecule has 3 rings (SSSR count). The first-order valence-electron chi connectivity index (χ1n) is 8.52. The Morgan fingerprint density at radius 1 is 1.04 bits per heavy atom. The fourth-order valence-corrected chi connectivity index (χ4v) is 3.31. The molecular formula is C21H18ClN5O. The summed E-state index contributed by atoms with van der Waals surface area (Å²) in [6.45, 7) is 1.68. The molecule has 28 heavy (non-hydrogen) atoms. The lowest BCUT2D eigenvalue weighted by Gasteiger charge is -2.19. The van der Waals surface area contributed by atoms with E-state index < -0.39 is 11.0 Å². The number of aromatic amines is 1. The average molecular weight is 392 g/mol. The molecule has 1 aromatic heterocycles. The van der Waals surface area contributed by atoms with Gasteiger partial charge in [0.25, 0.3) is 5.56 Å². The van der Waals surface area contributed by atoms with E-state index in [1.165, 1.54) is 4.68 Å². The van der Waals surface area contributed by atoms with Crippen LogP contribution < -0.4 is 10.5 Å². The number of aryl methyl sites for hydroxylation is 1. The maximum atomic E-state index is 13.2.